The molecule has 1 atom stereocenters. The van der Waals surface area contributed by atoms with Gasteiger partial charge in [0.25, 0.3) is 0 Å². The van der Waals surface area contributed by atoms with E-state index in [0.29, 0.717) is 0 Å². The summed E-state index contributed by atoms with van der Waals surface area (Å²) in [6.07, 6.45) is 26.7. The molecule has 26 heavy (non-hydrogen) atoms. The second-order valence-electron chi connectivity index (χ2n) is 9.19. The summed E-state index contributed by atoms with van der Waals surface area (Å²) >= 11 is 0. The van der Waals surface area contributed by atoms with Crippen molar-refractivity contribution in [3.63, 3.8) is 0 Å². The SMILES string of the molecule is C=CC[N+](C)(C)C(C)CCCCCCCCCCCCCCCCCC. The predicted molar refractivity (Wildman–Crippen MR) is 121 cm³/mol. The highest BCUT2D eigenvalue weighted by atomic mass is 15.3. The summed E-state index contributed by atoms with van der Waals surface area (Å²) in [6.45, 7) is 9.67. The van der Waals surface area contributed by atoms with Crippen LogP contribution in [0.15, 0.2) is 12.7 Å². The van der Waals surface area contributed by atoms with Gasteiger partial charge in [-0.1, -0.05) is 110 Å². The monoisotopic (exact) mass is 366 g/mol. The average Bonchev–Trinajstić information content (AvgIpc) is 2.61. The smallest absolute Gasteiger partial charge is 0.0968 e. The first-order chi connectivity index (χ1) is 12.5. The molecule has 0 saturated heterocycles. The fourth-order valence-electron chi connectivity index (χ4n) is 3.85. The standard InChI is InChI=1S/C25H52N/c1-6-8-9-10-11-12-13-14-15-16-17-18-19-20-21-22-23-25(3)26(4,5)24-7-2/h7,25H,2,6,8-24H2,1,3-5H3/q+1. The van der Waals surface area contributed by atoms with Crippen molar-refractivity contribution in [3.8, 4) is 0 Å². The maximum absolute atomic E-state index is 3.89. The van der Waals surface area contributed by atoms with Crippen LogP contribution in [-0.2, 0) is 0 Å². The normalized spacial score (nSPS) is 13.1. The van der Waals surface area contributed by atoms with Crippen LogP contribution in [0.4, 0.5) is 0 Å². The lowest BCUT2D eigenvalue weighted by Crippen LogP contribution is -2.47. The summed E-state index contributed by atoms with van der Waals surface area (Å²) in [7, 11) is 4.66. The minimum absolute atomic E-state index is 0.750. The van der Waals surface area contributed by atoms with E-state index in [-0.39, 0.29) is 0 Å². The number of quaternary nitrogens is 1. The Morgan fingerprint density at radius 3 is 1.35 bits per heavy atom. The van der Waals surface area contributed by atoms with Gasteiger partial charge in [-0.2, -0.15) is 0 Å². The number of rotatable bonds is 20. The van der Waals surface area contributed by atoms with Crippen LogP contribution < -0.4 is 0 Å². The third kappa shape index (κ3) is 15.9. The Morgan fingerprint density at radius 1 is 0.654 bits per heavy atom. The highest BCUT2D eigenvalue weighted by Gasteiger charge is 2.21. The quantitative estimate of drug-likeness (QED) is 0.115. The van der Waals surface area contributed by atoms with Crippen molar-refractivity contribution in [3.05, 3.63) is 12.7 Å². The van der Waals surface area contributed by atoms with Crippen LogP contribution in [0.1, 0.15) is 123 Å². The zero-order valence-corrected chi connectivity index (χ0v) is 19.0. The molecule has 0 aliphatic carbocycles. The molecule has 1 nitrogen and oxygen atoms in total. The van der Waals surface area contributed by atoms with E-state index in [9.17, 15) is 0 Å². The molecule has 0 aliphatic rings. The summed E-state index contributed by atoms with van der Waals surface area (Å²) in [4.78, 5) is 0. The van der Waals surface area contributed by atoms with E-state index >= 15 is 0 Å². The highest BCUT2D eigenvalue weighted by Crippen LogP contribution is 2.17. The molecule has 156 valence electrons. The van der Waals surface area contributed by atoms with Crippen molar-refractivity contribution in [1.29, 1.82) is 0 Å². The topological polar surface area (TPSA) is 0 Å². The molecule has 0 radical (unpaired) electrons. The maximum atomic E-state index is 3.89. The van der Waals surface area contributed by atoms with E-state index < -0.39 is 0 Å². The Hall–Kier alpha value is -0.300. The summed E-state index contributed by atoms with van der Waals surface area (Å²) < 4.78 is 1.09. The van der Waals surface area contributed by atoms with Crippen molar-refractivity contribution in [2.24, 2.45) is 0 Å². The summed E-state index contributed by atoms with van der Waals surface area (Å²) in [5.74, 6) is 0. The Balaban J connectivity index is 3.23. The van der Waals surface area contributed by atoms with E-state index in [2.05, 4.69) is 40.6 Å². The molecule has 0 spiro atoms. The first-order valence-electron chi connectivity index (χ1n) is 12.0. The number of hydrogen-bond acceptors (Lipinski definition) is 0. The minimum atomic E-state index is 0.750. The van der Waals surface area contributed by atoms with Gasteiger partial charge >= 0.3 is 0 Å². The Kier molecular flexibility index (Phi) is 17.9. The van der Waals surface area contributed by atoms with Gasteiger partial charge < -0.3 is 4.48 Å². The Labute approximate surface area is 167 Å². The van der Waals surface area contributed by atoms with Crippen LogP contribution in [-0.4, -0.2) is 31.2 Å². The lowest BCUT2D eigenvalue weighted by atomic mass is 10.0. The van der Waals surface area contributed by atoms with Crippen LogP contribution in [0.5, 0.6) is 0 Å². The van der Waals surface area contributed by atoms with Crippen molar-refractivity contribution in [2.45, 2.75) is 129 Å². The third-order valence-electron chi connectivity index (χ3n) is 6.27. The fraction of sp³-hybridized carbons (Fsp3) is 0.920. The molecular weight excluding hydrogens is 314 g/mol. The maximum Gasteiger partial charge on any atom is 0.0968 e. The van der Waals surface area contributed by atoms with E-state index in [0.717, 1.165) is 17.1 Å². The van der Waals surface area contributed by atoms with Gasteiger partial charge in [-0.05, 0) is 25.8 Å². The van der Waals surface area contributed by atoms with E-state index in [1.54, 1.807) is 0 Å². The Morgan fingerprint density at radius 2 is 1.00 bits per heavy atom. The molecule has 0 bridgehead atoms. The van der Waals surface area contributed by atoms with Crippen molar-refractivity contribution in [2.75, 3.05) is 20.6 Å². The number of nitrogens with zero attached hydrogens (tertiary/aromatic N) is 1. The predicted octanol–water partition coefficient (Wildman–Crippen LogP) is 8.29. The average molecular weight is 367 g/mol. The van der Waals surface area contributed by atoms with E-state index in [4.69, 9.17) is 0 Å². The van der Waals surface area contributed by atoms with Gasteiger partial charge in [-0.15, -0.1) is 0 Å². The van der Waals surface area contributed by atoms with Crippen molar-refractivity contribution in [1.82, 2.24) is 0 Å². The van der Waals surface area contributed by atoms with Gasteiger partial charge in [-0.3, -0.25) is 0 Å². The lowest BCUT2D eigenvalue weighted by molar-refractivity contribution is -0.907. The molecule has 0 aliphatic heterocycles. The molecule has 0 aromatic rings. The lowest BCUT2D eigenvalue weighted by Gasteiger charge is -2.35. The van der Waals surface area contributed by atoms with Crippen LogP contribution >= 0.6 is 0 Å². The third-order valence-corrected chi connectivity index (χ3v) is 6.27. The fourth-order valence-corrected chi connectivity index (χ4v) is 3.85. The summed E-state index contributed by atoms with van der Waals surface area (Å²) in [6, 6.07) is 0.750. The van der Waals surface area contributed by atoms with Crippen LogP contribution in [0, 0.1) is 0 Å². The molecule has 0 saturated carbocycles. The van der Waals surface area contributed by atoms with Gasteiger partial charge in [0.15, 0.2) is 0 Å². The molecule has 0 N–H and O–H groups in total. The molecule has 0 aromatic carbocycles. The second-order valence-corrected chi connectivity index (χ2v) is 9.19. The van der Waals surface area contributed by atoms with Gasteiger partial charge in [0.2, 0.25) is 0 Å². The first-order valence-corrected chi connectivity index (χ1v) is 12.0. The van der Waals surface area contributed by atoms with Gasteiger partial charge in [-0.25, -0.2) is 0 Å². The van der Waals surface area contributed by atoms with Crippen molar-refractivity contribution < 1.29 is 4.48 Å². The molecular formula is C25H52N+. The van der Waals surface area contributed by atoms with Crippen molar-refractivity contribution >= 4 is 0 Å². The van der Waals surface area contributed by atoms with Gasteiger partial charge in [0.05, 0.1) is 26.7 Å². The van der Waals surface area contributed by atoms with Crippen LogP contribution in [0.3, 0.4) is 0 Å². The zero-order valence-electron chi connectivity index (χ0n) is 19.0. The largest absolute Gasteiger partial charge is 0.323 e. The summed E-state index contributed by atoms with van der Waals surface area (Å²) in [5, 5.41) is 0. The van der Waals surface area contributed by atoms with Gasteiger partial charge in [0.1, 0.15) is 0 Å². The second kappa shape index (κ2) is 18.1. The number of unbranched alkanes of at least 4 members (excludes halogenated alkanes) is 15. The molecule has 0 fully saturated rings. The van der Waals surface area contributed by atoms with Crippen LogP contribution in [0.2, 0.25) is 0 Å². The number of hydrogen-bond donors (Lipinski definition) is 0. The minimum Gasteiger partial charge on any atom is -0.323 e. The molecule has 1 unspecified atom stereocenters. The van der Waals surface area contributed by atoms with Gasteiger partial charge in [0, 0.05) is 0 Å². The van der Waals surface area contributed by atoms with E-state index in [1.807, 2.05) is 0 Å². The molecule has 0 aromatic heterocycles. The molecule has 0 heterocycles. The Bertz CT molecular complexity index is 295. The molecule has 1 heteroatoms. The number of likely N-dealkylation sites (N-methyl/N-ethyl adjacent to an activating group) is 1. The molecule has 0 amide bonds. The summed E-state index contributed by atoms with van der Waals surface area (Å²) in [5.41, 5.74) is 0. The molecule has 0 rings (SSSR count). The van der Waals surface area contributed by atoms with E-state index in [1.165, 1.54) is 109 Å². The first kappa shape index (κ1) is 25.7. The van der Waals surface area contributed by atoms with Crippen LogP contribution in [0.25, 0.3) is 0 Å². The highest BCUT2D eigenvalue weighted by molar-refractivity contribution is 4.66. The zero-order chi connectivity index (χ0) is 19.5.